The van der Waals surface area contributed by atoms with Crippen molar-refractivity contribution in [2.24, 2.45) is 12.2 Å². The number of aromatic nitrogens is 2. The molecule has 1 unspecified atom stereocenters. The third-order valence-corrected chi connectivity index (χ3v) is 6.32. The van der Waals surface area contributed by atoms with E-state index in [1.807, 2.05) is 0 Å². The third kappa shape index (κ3) is 4.98. The number of alkyl halides is 3. The number of benzene rings is 2. The Bertz CT molecular complexity index is 1320. The highest BCUT2D eigenvalue weighted by molar-refractivity contribution is 6.34. The molecule has 1 aliphatic heterocycles. The summed E-state index contributed by atoms with van der Waals surface area (Å²) < 4.78 is 44.2. The van der Waals surface area contributed by atoms with Gasteiger partial charge in [-0.05, 0) is 48.4 Å². The Morgan fingerprint density at radius 2 is 1.83 bits per heavy atom. The number of carbonyl (C=O) groups excluding carboxylic acids is 1. The van der Waals surface area contributed by atoms with Crippen LogP contribution in [0.1, 0.15) is 39.2 Å². The lowest BCUT2D eigenvalue weighted by atomic mass is 9.86. The maximum Gasteiger partial charge on any atom is 0.435 e. The first kappa shape index (κ1) is 25.3. The molecule has 3 aromatic rings. The number of amides is 1. The summed E-state index contributed by atoms with van der Waals surface area (Å²) >= 11 is 17.7. The van der Waals surface area contributed by atoms with Crippen LogP contribution in [0.15, 0.2) is 47.6 Å². The number of halogens is 6. The van der Waals surface area contributed by atoms with Crippen LogP contribution in [0.4, 0.5) is 13.2 Å². The monoisotopic (exact) mass is 544 g/mol. The van der Waals surface area contributed by atoms with E-state index in [1.54, 1.807) is 30.8 Å². The van der Waals surface area contributed by atoms with Crippen LogP contribution in [0.3, 0.4) is 0 Å². The minimum absolute atomic E-state index is 0.0489. The maximum atomic E-state index is 14.2. The summed E-state index contributed by atoms with van der Waals surface area (Å²) in [5, 5.41) is 10.9. The Balaban J connectivity index is 1.55. The molecule has 12 heteroatoms. The Labute approximate surface area is 213 Å². The first-order valence-corrected chi connectivity index (χ1v) is 11.4. The lowest BCUT2D eigenvalue weighted by Crippen LogP contribution is -2.42. The van der Waals surface area contributed by atoms with Crippen molar-refractivity contribution in [2.45, 2.75) is 31.7 Å². The predicted octanol–water partition coefficient (Wildman–Crippen LogP) is 6.20. The molecular weight excluding hydrogens is 528 g/mol. The zero-order chi connectivity index (χ0) is 25.5. The van der Waals surface area contributed by atoms with Crippen LogP contribution in [0.25, 0.3) is 0 Å². The van der Waals surface area contributed by atoms with Crippen LogP contribution in [0.5, 0.6) is 0 Å². The van der Waals surface area contributed by atoms with Crippen LogP contribution < -0.4 is 5.32 Å². The van der Waals surface area contributed by atoms with Gasteiger partial charge >= 0.3 is 6.18 Å². The molecule has 2 aromatic carbocycles. The molecule has 1 atom stereocenters. The topological polar surface area (TPSA) is 68.5 Å². The number of oxime groups is 1. The molecule has 6 nitrogen and oxygen atoms in total. The van der Waals surface area contributed by atoms with E-state index in [0.29, 0.717) is 27.5 Å². The molecule has 2 heterocycles. The van der Waals surface area contributed by atoms with Crippen molar-refractivity contribution in [3.8, 4) is 0 Å². The summed E-state index contributed by atoms with van der Waals surface area (Å²) in [6.45, 7) is 1.89. The number of hydrogen-bond donors (Lipinski definition) is 1. The SMILES string of the molecule is Cc1cc(C2=NOC(c3cc(Cl)cc(Cl)c3)(C(F)(F)F)C2)ccc1C(=O)NCc1cc(Cl)nn1C. The van der Waals surface area contributed by atoms with E-state index < -0.39 is 18.2 Å². The Hall–Kier alpha value is -2.75. The lowest BCUT2D eigenvalue weighted by molar-refractivity contribution is -0.275. The van der Waals surface area contributed by atoms with Gasteiger partial charge in [0.15, 0.2) is 5.15 Å². The maximum absolute atomic E-state index is 14.2. The molecule has 0 saturated heterocycles. The fourth-order valence-corrected chi connectivity index (χ4v) is 4.61. The minimum Gasteiger partial charge on any atom is -0.374 e. The van der Waals surface area contributed by atoms with E-state index in [2.05, 4.69) is 15.6 Å². The largest absolute Gasteiger partial charge is 0.435 e. The molecular formula is C23H18Cl3F3N4O2. The van der Waals surface area contributed by atoms with Crippen LogP contribution in [0.2, 0.25) is 15.2 Å². The fourth-order valence-electron chi connectivity index (χ4n) is 3.84. The van der Waals surface area contributed by atoms with Crippen LogP contribution in [-0.4, -0.2) is 27.6 Å². The molecule has 0 fully saturated rings. The van der Waals surface area contributed by atoms with E-state index >= 15 is 0 Å². The van der Waals surface area contributed by atoms with Gasteiger partial charge in [-0.15, -0.1) is 0 Å². The van der Waals surface area contributed by atoms with Crippen molar-refractivity contribution >= 4 is 46.4 Å². The molecule has 1 aromatic heterocycles. The highest BCUT2D eigenvalue weighted by atomic mass is 35.5. The Morgan fingerprint density at radius 3 is 2.40 bits per heavy atom. The quantitative estimate of drug-likeness (QED) is 0.415. The van der Waals surface area contributed by atoms with E-state index in [4.69, 9.17) is 39.6 Å². The van der Waals surface area contributed by atoms with Crippen LogP contribution in [0, 0.1) is 6.92 Å². The second-order valence-electron chi connectivity index (χ2n) is 8.08. The van der Waals surface area contributed by atoms with Crippen molar-refractivity contribution < 1.29 is 22.8 Å². The second-order valence-corrected chi connectivity index (χ2v) is 9.34. The third-order valence-electron chi connectivity index (χ3n) is 5.70. The molecule has 0 bridgehead atoms. The zero-order valence-electron chi connectivity index (χ0n) is 18.4. The molecule has 184 valence electrons. The van der Waals surface area contributed by atoms with Crippen molar-refractivity contribution in [3.05, 3.63) is 85.6 Å². The Morgan fingerprint density at radius 1 is 1.14 bits per heavy atom. The van der Waals surface area contributed by atoms with Crippen molar-refractivity contribution in [1.82, 2.24) is 15.1 Å². The first-order valence-electron chi connectivity index (χ1n) is 10.3. The first-order chi connectivity index (χ1) is 16.4. The van der Waals surface area contributed by atoms with Crippen LogP contribution >= 0.6 is 34.8 Å². The molecule has 0 aliphatic carbocycles. The van der Waals surface area contributed by atoms with Gasteiger partial charge in [-0.1, -0.05) is 46.0 Å². The summed E-state index contributed by atoms with van der Waals surface area (Å²) in [6.07, 6.45) is -5.38. The Kier molecular flexibility index (Phi) is 6.78. The molecule has 0 spiro atoms. The molecule has 1 amide bonds. The molecule has 0 radical (unpaired) electrons. The van der Waals surface area contributed by atoms with Gasteiger partial charge in [0.25, 0.3) is 11.5 Å². The van der Waals surface area contributed by atoms with E-state index in [1.165, 1.54) is 18.2 Å². The van der Waals surface area contributed by atoms with Gasteiger partial charge in [0.05, 0.1) is 18.0 Å². The standard InChI is InChI=1S/C23H18Cl3F3N4O2/c1-12-5-13(3-4-18(12)21(34)30-11-17-9-20(26)31-33(17)2)19-10-22(35-32-19,23(27,28)29)14-6-15(24)8-16(25)7-14/h3-9H,10-11H2,1-2H3,(H,30,34). The molecule has 1 aliphatic rings. The highest BCUT2D eigenvalue weighted by Gasteiger charge is 2.62. The van der Waals surface area contributed by atoms with Crippen molar-refractivity contribution in [3.63, 3.8) is 0 Å². The summed E-state index contributed by atoms with van der Waals surface area (Å²) in [4.78, 5) is 17.7. The lowest BCUT2D eigenvalue weighted by Gasteiger charge is -2.29. The fraction of sp³-hybridized carbons (Fsp3) is 0.261. The predicted molar refractivity (Wildman–Crippen MR) is 127 cm³/mol. The zero-order valence-corrected chi connectivity index (χ0v) is 20.6. The van der Waals surface area contributed by atoms with Crippen molar-refractivity contribution in [1.29, 1.82) is 0 Å². The number of hydrogen-bond acceptors (Lipinski definition) is 4. The molecule has 35 heavy (non-hydrogen) atoms. The number of aryl methyl sites for hydroxylation is 2. The average molecular weight is 546 g/mol. The number of carbonyl (C=O) groups is 1. The van der Waals surface area contributed by atoms with Gasteiger partial charge in [-0.25, -0.2) is 0 Å². The van der Waals surface area contributed by atoms with Crippen molar-refractivity contribution in [2.75, 3.05) is 0 Å². The molecule has 4 rings (SSSR count). The number of nitrogens with one attached hydrogen (secondary N) is 1. The second kappa shape index (κ2) is 9.37. The number of nitrogens with zero attached hydrogens (tertiary/aromatic N) is 3. The summed E-state index contributed by atoms with van der Waals surface area (Å²) in [5.41, 5.74) is -0.865. The van der Waals surface area contributed by atoms with E-state index in [-0.39, 0.29) is 33.8 Å². The molecule has 1 N–H and O–H groups in total. The van der Waals surface area contributed by atoms with Gasteiger partial charge in [0, 0.05) is 40.7 Å². The van der Waals surface area contributed by atoms with Gasteiger partial charge in [0.1, 0.15) is 0 Å². The van der Waals surface area contributed by atoms with Gasteiger partial charge < -0.3 is 10.2 Å². The summed E-state index contributed by atoms with van der Waals surface area (Å²) in [5.74, 6) is -0.353. The van der Waals surface area contributed by atoms with Gasteiger partial charge in [-0.3, -0.25) is 9.48 Å². The van der Waals surface area contributed by atoms with Gasteiger partial charge in [0.2, 0.25) is 0 Å². The van der Waals surface area contributed by atoms with Crippen LogP contribution in [-0.2, 0) is 24.0 Å². The minimum atomic E-state index is -4.80. The van der Waals surface area contributed by atoms with E-state index in [0.717, 1.165) is 12.1 Å². The average Bonchev–Trinajstić information content (AvgIpc) is 3.35. The molecule has 0 saturated carbocycles. The highest BCUT2D eigenvalue weighted by Crippen LogP contribution is 2.49. The van der Waals surface area contributed by atoms with Gasteiger partial charge in [-0.2, -0.15) is 18.3 Å². The normalized spacial score (nSPS) is 17.8. The smallest absolute Gasteiger partial charge is 0.374 e. The van der Waals surface area contributed by atoms with E-state index in [9.17, 15) is 18.0 Å². The summed E-state index contributed by atoms with van der Waals surface area (Å²) in [6, 6.07) is 9.95. The number of rotatable bonds is 5. The summed E-state index contributed by atoms with van der Waals surface area (Å²) in [7, 11) is 1.70.